The number of non-ortho nitro benzene ring substituents is 1. The van der Waals surface area contributed by atoms with Gasteiger partial charge in [-0.2, -0.15) is 0 Å². The number of amides is 1. The predicted molar refractivity (Wildman–Crippen MR) is 118 cm³/mol. The average molecular weight is 423 g/mol. The van der Waals surface area contributed by atoms with Crippen molar-refractivity contribution in [3.8, 4) is 0 Å². The van der Waals surface area contributed by atoms with Gasteiger partial charge in [-0.3, -0.25) is 14.9 Å². The molecule has 7 rings (SSSR count). The fourth-order valence-corrected chi connectivity index (χ4v) is 9.18. The molecule has 31 heavy (non-hydrogen) atoms. The summed E-state index contributed by atoms with van der Waals surface area (Å²) in [5.41, 5.74) is 1.15. The van der Waals surface area contributed by atoms with Gasteiger partial charge in [0.1, 0.15) is 0 Å². The van der Waals surface area contributed by atoms with E-state index in [9.17, 15) is 14.9 Å². The molecule has 6 fully saturated rings. The van der Waals surface area contributed by atoms with Gasteiger partial charge in [0.25, 0.3) is 5.69 Å². The number of carbonyl (C=O) groups excluding carboxylic acids is 1. The molecule has 1 amide bonds. The van der Waals surface area contributed by atoms with E-state index in [-0.39, 0.29) is 27.5 Å². The van der Waals surface area contributed by atoms with Crippen LogP contribution in [0.25, 0.3) is 0 Å². The van der Waals surface area contributed by atoms with Gasteiger partial charge >= 0.3 is 0 Å². The first-order valence-corrected chi connectivity index (χ1v) is 12.4. The van der Waals surface area contributed by atoms with Crippen molar-refractivity contribution in [3.05, 3.63) is 39.9 Å². The van der Waals surface area contributed by atoms with Crippen LogP contribution in [0, 0.1) is 45.1 Å². The second-order valence-corrected chi connectivity index (χ2v) is 11.9. The van der Waals surface area contributed by atoms with Gasteiger partial charge in [0.15, 0.2) is 0 Å². The molecule has 0 aliphatic heterocycles. The molecule has 6 aliphatic carbocycles. The molecule has 6 bridgehead atoms. The first-order valence-electron chi connectivity index (χ1n) is 12.4. The zero-order chi connectivity index (χ0) is 21.4. The van der Waals surface area contributed by atoms with Crippen molar-refractivity contribution in [2.24, 2.45) is 35.0 Å². The van der Waals surface area contributed by atoms with Gasteiger partial charge in [-0.05, 0) is 105 Å². The Morgan fingerprint density at radius 1 is 1.03 bits per heavy atom. The van der Waals surface area contributed by atoms with Gasteiger partial charge in [0.05, 0.1) is 10.3 Å². The van der Waals surface area contributed by atoms with Crippen LogP contribution in [-0.2, 0) is 10.2 Å². The highest BCUT2D eigenvalue weighted by Crippen LogP contribution is 2.66. The number of fused-ring (bicyclic) bond motifs is 2. The minimum atomic E-state index is -0.324. The summed E-state index contributed by atoms with van der Waals surface area (Å²) < 4.78 is 0. The molecule has 1 aromatic rings. The van der Waals surface area contributed by atoms with E-state index in [2.05, 4.69) is 12.2 Å². The van der Waals surface area contributed by atoms with E-state index in [0.29, 0.717) is 23.7 Å². The van der Waals surface area contributed by atoms with E-state index in [1.807, 2.05) is 12.1 Å². The fraction of sp³-hybridized carbons (Fsp3) is 0.731. The summed E-state index contributed by atoms with van der Waals surface area (Å²) in [4.78, 5) is 24.6. The Kier molecular flexibility index (Phi) is 4.33. The van der Waals surface area contributed by atoms with Crippen LogP contribution in [0.15, 0.2) is 24.3 Å². The van der Waals surface area contributed by atoms with E-state index in [4.69, 9.17) is 0 Å². The molecule has 5 nitrogen and oxygen atoms in total. The van der Waals surface area contributed by atoms with E-state index in [0.717, 1.165) is 43.9 Å². The third-order valence-electron chi connectivity index (χ3n) is 10.0. The molecule has 6 atom stereocenters. The number of carbonyl (C=O) groups is 1. The van der Waals surface area contributed by atoms with Crippen molar-refractivity contribution in [2.45, 2.75) is 82.6 Å². The molecule has 5 heteroatoms. The van der Waals surface area contributed by atoms with E-state index in [1.54, 1.807) is 12.1 Å². The van der Waals surface area contributed by atoms with Crippen molar-refractivity contribution in [2.75, 3.05) is 0 Å². The van der Waals surface area contributed by atoms with Crippen LogP contribution in [0.4, 0.5) is 5.69 Å². The zero-order valence-corrected chi connectivity index (χ0v) is 18.5. The number of rotatable bonds is 5. The largest absolute Gasteiger partial charge is 0.353 e. The van der Waals surface area contributed by atoms with Gasteiger partial charge in [-0.25, -0.2) is 0 Å². The van der Waals surface area contributed by atoms with Crippen molar-refractivity contribution in [1.29, 1.82) is 0 Å². The Morgan fingerprint density at radius 2 is 1.74 bits per heavy atom. The molecule has 0 radical (unpaired) electrons. The lowest BCUT2D eigenvalue weighted by Gasteiger charge is -2.61. The van der Waals surface area contributed by atoms with Crippen LogP contribution < -0.4 is 5.32 Å². The SMILES string of the molecule is CC(NC(=O)C12CC3CC(C1)CC(c1ccc([N+](=O)[O-])cc1)(C3)C2)C1CC2CCC1C2. The lowest BCUT2D eigenvalue weighted by atomic mass is 9.42. The molecule has 1 N–H and O–H groups in total. The summed E-state index contributed by atoms with van der Waals surface area (Å²) in [5.74, 6) is 3.92. The lowest BCUT2D eigenvalue weighted by Crippen LogP contribution is -2.60. The Labute approximate surface area is 184 Å². The molecule has 166 valence electrons. The number of benzene rings is 1. The standard InChI is InChI=1S/C26H34N2O3/c1-16(23-10-17-2-3-20(23)9-17)27-24(29)26-13-18-8-19(14-26)12-25(11-18,15-26)21-4-6-22(7-5-21)28(30)31/h4-7,16-20,23H,2-3,8-15H2,1H3,(H,27,29). The van der Waals surface area contributed by atoms with E-state index >= 15 is 0 Å². The van der Waals surface area contributed by atoms with Gasteiger partial charge in [0, 0.05) is 18.2 Å². The van der Waals surface area contributed by atoms with E-state index < -0.39 is 0 Å². The highest BCUT2D eigenvalue weighted by molar-refractivity contribution is 5.84. The summed E-state index contributed by atoms with van der Waals surface area (Å²) in [6.45, 7) is 2.25. The lowest BCUT2D eigenvalue weighted by molar-refractivity contribution is -0.384. The van der Waals surface area contributed by atoms with Crippen LogP contribution in [0.3, 0.4) is 0 Å². The topological polar surface area (TPSA) is 72.2 Å². The Balaban J connectivity index is 1.24. The third-order valence-corrected chi connectivity index (χ3v) is 10.0. The average Bonchev–Trinajstić information content (AvgIpc) is 3.36. The summed E-state index contributed by atoms with van der Waals surface area (Å²) >= 11 is 0. The van der Waals surface area contributed by atoms with Crippen molar-refractivity contribution in [1.82, 2.24) is 5.32 Å². The Hall–Kier alpha value is -1.91. The second-order valence-electron chi connectivity index (χ2n) is 11.9. The molecule has 6 saturated carbocycles. The number of nitrogens with zero attached hydrogens (tertiary/aromatic N) is 1. The fourth-order valence-electron chi connectivity index (χ4n) is 9.18. The number of nitrogens with one attached hydrogen (secondary N) is 1. The molecular formula is C26H34N2O3. The maximum Gasteiger partial charge on any atom is 0.269 e. The summed E-state index contributed by atoms with van der Waals surface area (Å²) in [6.07, 6.45) is 11.9. The third kappa shape index (κ3) is 3.06. The predicted octanol–water partition coefficient (Wildman–Crippen LogP) is 5.37. The monoisotopic (exact) mass is 422 g/mol. The van der Waals surface area contributed by atoms with Gasteiger partial charge in [-0.1, -0.05) is 18.6 Å². The maximum absolute atomic E-state index is 13.8. The van der Waals surface area contributed by atoms with E-state index in [1.165, 1.54) is 37.7 Å². The normalized spacial score (nSPS) is 43.2. The van der Waals surface area contributed by atoms with Crippen molar-refractivity contribution < 1.29 is 9.72 Å². The molecule has 6 aliphatic rings. The molecule has 0 aromatic heterocycles. The Morgan fingerprint density at radius 3 is 2.32 bits per heavy atom. The number of nitro benzene ring substituents is 1. The summed E-state index contributed by atoms with van der Waals surface area (Å²) in [5, 5.41) is 14.6. The quantitative estimate of drug-likeness (QED) is 0.512. The zero-order valence-electron chi connectivity index (χ0n) is 18.5. The molecule has 6 unspecified atom stereocenters. The maximum atomic E-state index is 13.8. The van der Waals surface area contributed by atoms with Gasteiger partial charge in [0.2, 0.25) is 5.91 Å². The van der Waals surface area contributed by atoms with Crippen LogP contribution >= 0.6 is 0 Å². The first kappa shape index (κ1) is 19.8. The Bertz CT molecular complexity index is 896. The minimum Gasteiger partial charge on any atom is -0.353 e. The second kappa shape index (κ2) is 6.79. The highest BCUT2D eigenvalue weighted by Gasteiger charge is 2.61. The van der Waals surface area contributed by atoms with Crippen LogP contribution in [0.5, 0.6) is 0 Å². The number of nitro groups is 1. The van der Waals surface area contributed by atoms with Gasteiger partial charge in [-0.15, -0.1) is 0 Å². The summed E-state index contributed by atoms with van der Waals surface area (Å²) in [7, 11) is 0. The molecular weight excluding hydrogens is 388 g/mol. The van der Waals surface area contributed by atoms with Crippen molar-refractivity contribution in [3.63, 3.8) is 0 Å². The minimum absolute atomic E-state index is 0.0201. The molecule has 0 spiro atoms. The van der Waals surface area contributed by atoms with Crippen LogP contribution in [-0.4, -0.2) is 16.9 Å². The number of hydrogen-bond donors (Lipinski definition) is 1. The van der Waals surface area contributed by atoms with Crippen LogP contribution in [0.1, 0.15) is 76.7 Å². The molecule has 1 aromatic carbocycles. The van der Waals surface area contributed by atoms with Gasteiger partial charge < -0.3 is 5.32 Å². The first-order chi connectivity index (χ1) is 14.9. The van der Waals surface area contributed by atoms with Crippen molar-refractivity contribution >= 4 is 11.6 Å². The smallest absolute Gasteiger partial charge is 0.269 e. The molecule has 0 heterocycles. The summed E-state index contributed by atoms with van der Waals surface area (Å²) in [6, 6.07) is 7.52. The van der Waals surface area contributed by atoms with Crippen LogP contribution in [0.2, 0.25) is 0 Å². The molecule has 0 saturated heterocycles. The highest BCUT2D eigenvalue weighted by atomic mass is 16.6. The number of hydrogen-bond acceptors (Lipinski definition) is 3.